The highest BCUT2D eigenvalue weighted by molar-refractivity contribution is 5.77. The largest absolute Gasteiger partial charge is 0.322 e. The summed E-state index contributed by atoms with van der Waals surface area (Å²) in [7, 11) is 0. The first-order valence-electron chi connectivity index (χ1n) is 6.55. The van der Waals surface area contributed by atoms with E-state index in [-0.39, 0.29) is 0 Å². The van der Waals surface area contributed by atoms with Crippen molar-refractivity contribution in [1.29, 1.82) is 0 Å². The standard InChI is InChI=1S/C14H10N8/c1-2-13-11(8-19-22(13)18-4-1)12-3-5-17-14(21-12)20-10-6-15-9-16-7-10/h1-9H,(H,17,20,21). The van der Waals surface area contributed by atoms with E-state index in [0.717, 1.165) is 22.5 Å². The number of aromatic nitrogens is 7. The fourth-order valence-electron chi connectivity index (χ4n) is 2.09. The highest BCUT2D eigenvalue weighted by Gasteiger charge is 2.09. The minimum Gasteiger partial charge on any atom is -0.322 e. The van der Waals surface area contributed by atoms with Gasteiger partial charge in [0.15, 0.2) is 0 Å². The van der Waals surface area contributed by atoms with E-state index in [4.69, 9.17) is 0 Å². The summed E-state index contributed by atoms with van der Waals surface area (Å²) < 4.78 is 1.57. The van der Waals surface area contributed by atoms with Crippen molar-refractivity contribution in [2.45, 2.75) is 0 Å². The van der Waals surface area contributed by atoms with E-state index < -0.39 is 0 Å². The van der Waals surface area contributed by atoms with E-state index in [0.29, 0.717) is 5.95 Å². The maximum Gasteiger partial charge on any atom is 0.227 e. The summed E-state index contributed by atoms with van der Waals surface area (Å²) in [6.45, 7) is 0. The summed E-state index contributed by atoms with van der Waals surface area (Å²) in [5.41, 5.74) is 3.26. The minimum absolute atomic E-state index is 0.468. The lowest BCUT2D eigenvalue weighted by atomic mass is 10.2. The maximum atomic E-state index is 4.50. The Morgan fingerprint density at radius 1 is 0.955 bits per heavy atom. The first-order valence-corrected chi connectivity index (χ1v) is 6.55. The summed E-state index contributed by atoms with van der Waals surface area (Å²) >= 11 is 0. The van der Waals surface area contributed by atoms with Crippen LogP contribution in [0.2, 0.25) is 0 Å². The molecule has 4 aromatic rings. The Kier molecular flexibility index (Phi) is 2.90. The molecule has 106 valence electrons. The fraction of sp³-hybridized carbons (Fsp3) is 0. The van der Waals surface area contributed by atoms with Crippen LogP contribution in [0.15, 0.2) is 55.5 Å². The zero-order chi connectivity index (χ0) is 14.8. The number of anilines is 2. The van der Waals surface area contributed by atoms with Gasteiger partial charge in [0.1, 0.15) is 6.33 Å². The average Bonchev–Trinajstić information content (AvgIpc) is 3.00. The molecular weight excluding hydrogens is 280 g/mol. The Morgan fingerprint density at radius 3 is 2.77 bits per heavy atom. The number of nitrogens with one attached hydrogen (secondary N) is 1. The van der Waals surface area contributed by atoms with Crippen LogP contribution in [0.1, 0.15) is 0 Å². The molecule has 0 unspecified atom stereocenters. The Labute approximate surface area is 124 Å². The highest BCUT2D eigenvalue weighted by atomic mass is 15.4. The van der Waals surface area contributed by atoms with Crippen molar-refractivity contribution in [1.82, 2.24) is 34.8 Å². The predicted molar refractivity (Wildman–Crippen MR) is 79.3 cm³/mol. The summed E-state index contributed by atoms with van der Waals surface area (Å²) in [6.07, 6.45) is 9.89. The van der Waals surface area contributed by atoms with Crippen LogP contribution in [0.25, 0.3) is 16.8 Å². The van der Waals surface area contributed by atoms with Crippen molar-refractivity contribution < 1.29 is 0 Å². The van der Waals surface area contributed by atoms with Crippen LogP contribution in [-0.2, 0) is 0 Å². The molecule has 4 aromatic heterocycles. The van der Waals surface area contributed by atoms with Crippen molar-refractivity contribution in [2.75, 3.05) is 5.32 Å². The topological polar surface area (TPSA) is 93.8 Å². The van der Waals surface area contributed by atoms with Crippen LogP contribution in [0.5, 0.6) is 0 Å². The zero-order valence-corrected chi connectivity index (χ0v) is 11.3. The molecule has 0 aliphatic carbocycles. The zero-order valence-electron chi connectivity index (χ0n) is 11.3. The molecule has 0 spiro atoms. The van der Waals surface area contributed by atoms with Gasteiger partial charge >= 0.3 is 0 Å². The maximum absolute atomic E-state index is 4.50. The van der Waals surface area contributed by atoms with Crippen LogP contribution in [-0.4, -0.2) is 34.8 Å². The molecule has 0 atom stereocenters. The monoisotopic (exact) mass is 290 g/mol. The lowest BCUT2D eigenvalue weighted by molar-refractivity contribution is 0.800. The van der Waals surface area contributed by atoms with Gasteiger partial charge in [-0.25, -0.2) is 19.9 Å². The fourth-order valence-corrected chi connectivity index (χ4v) is 2.09. The molecular formula is C14H10N8. The molecule has 0 saturated carbocycles. The Bertz CT molecular complexity index is 918. The molecule has 0 radical (unpaired) electrons. The van der Waals surface area contributed by atoms with Crippen molar-refractivity contribution in [3.63, 3.8) is 0 Å². The van der Waals surface area contributed by atoms with Gasteiger partial charge in [0.25, 0.3) is 0 Å². The van der Waals surface area contributed by atoms with Crippen molar-refractivity contribution in [3.8, 4) is 11.3 Å². The molecule has 0 saturated heterocycles. The Balaban J connectivity index is 1.73. The molecule has 0 aliphatic heterocycles. The summed E-state index contributed by atoms with van der Waals surface area (Å²) in [5, 5.41) is 11.4. The van der Waals surface area contributed by atoms with Gasteiger partial charge in [0.05, 0.1) is 35.5 Å². The molecule has 0 amide bonds. The second-order valence-corrected chi connectivity index (χ2v) is 4.47. The van der Waals surface area contributed by atoms with E-state index in [1.165, 1.54) is 6.33 Å². The van der Waals surface area contributed by atoms with Gasteiger partial charge in [0, 0.05) is 18.0 Å². The molecule has 22 heavy (non-hydrogen) atoms. The van der Waals surface area contributed by atoms with Gasteiger partial charge in [-0.05, 0) is 18.2 Å². The van der Waals surface area contributed by atoms with E-state index in [1.54, 1.807) is 35.6 Å². The third-order valence-electron chi connectivity index (χ3n) is 3.05. The van der Waals surface area contributed by atoms with Gasteiger partial charge in [-0.3, -0.25) is 0 Å². The van der Waals surface area contributed by atoms with E-state index in [1.807, 2.05) is 18.2 Å². The lowest BCUT2D eigenvalue weighted by Gasteiger charge is -2.04. The van der Waals surface area contributed by atoms with Gasteiger partial charge in [-0.2, -0.15) is 14.8 Å². The number of fused-ring (bicyclic) bond motifs is 1. The van der Waals surface area contributed by atoms with Gasteiger partial charge < -0.3 is 5.32 Å². The summed E-state index contributed by atoms with van der Waals surface area (Å²) in [5.74, 6) is 0.468. The average molecular weight is 290 g/mol. The van der Waals surface area contributed by atoms with Crippen LogP contribution in [0.3, 0.4) is 0 Å². The highest BCUT2D eigenvalue weighted by Crippen LogP contribution is 2.22. The van der Waals surface area contributed by atoms with E-state index in [2.05, 4.69) is 35.5 Å². The number of rotatable bonds is 3. The Morgan fingerprint density at radius 2 is 1.86 bits per heavy atom. The molecule has 4 rings (SSSR count). The first-order chi connectivity index (χ1) is 10.9. The Hall–Kier alpha value is -3.42. The molecule has 8 nitrogen and oxygen atoms in total. The third-order valence-corrected chi connectivity index (χ3v) is 3.05. The second-order valence-electron chi connectivity index (χ2n) is 4.47. The molecule has 0 aromatic carbocycles. The van der Waals surface area contributed by atoms with Crippen LogP contribution in [0, 0.1) is 0 Å². The molecule has 8 heteroatoms. The van der Waals surface area contributed by atoms with Crippen LogP contribution >= 0.6 is 0 Å². The van der Waals surface area contributed by atoms with Crippen molar-refractivity contribution >= 4 is 17.2 Å². The van der Waals surface area contributed by atoms with Crippen LogP contribution in [0.4, 0.5) is 11.6 Å². The molecule has 1 N–H and O–H groups in total. The third kappa shape index (κ3) is 2.22. The van der Waals surface area contributed by atoms with Gasteiger partial charge in [0.2, 0.25) is 5.95 Å². The van der Waals surface area contributed by atoms with Gasteiger partial charge in [-0.1, -0.05) is 0 Å². The number of hydrogen-bond donors (Lipinski definition) is 1. The SMILES string of the molecule is c1cnn2ncc(-c3ccnc(Nc4cncnc4)n3)c2c1. The van der Waals surface area contributed by atoms with Crippen molar-refractivity contribution in [3.05, 3.63) is 55.5 Å². The summed E-state index contributed by atoms with van der Waals surface area (Å²) in [6, 6.07) is 5.63. The number of nitrogens with zero attached hydrogens (tertiary/aromatic N) is 7. The molecule has 0 bridgehead atoms. The van der Waals surface area contributed by atoms with E-state index in [9.17, 15) is 0 Å². The lowest BCUT2D eigenvalue weighted by Crippen LogP contribution is -1.98. The normalized spacial score (nSPS) is 10.7. The second kappa shape index (κ2) is 5.17. The van der Waals surface area contributed by atoms with E-state index >= 15 is 0 Å². The minimum atomic E-state index is 0.468. The predicted octanol–water partition coefficient (Wildman–Crippen LogP) is 1.72. The molecule has 0 fully saturated rings. The first kappa shape index (κ1) is 12.3. The van der Waals surface area contributed by atoms with Crippen LogP contribution < -0.4 is 5.32 Å². The molecule has 4 heterocycles. The van der Waals surface area contributed by atoms with Crippen molar-refractivity contribution in [2.24, 2.45) is 0 Å². The summed E-state index contributed by atoms with van der Waals surface area (Å²) in [4.78, 5) is 16.6. The smallest absolute Gasteiger partial charge is 0.227 e. The molecule has 0 aliphatic rings. The quantitative estimate of drug-likeness (QED) is 0.614. The van der Waals surface area contributed by atoms with Gasteiger partial charge in [-0.15, -0.1) is 0 Å². The number of hydrogen-bond acceptors (Lipinski definition) is 7.